The van der Waals surface area contributed by atoms with Gasteiger partial charge in [-0.1, -0.05) is 71.6 Å². The average molecular weight is 754 g/mol. The lowest BCUT2D eigenvalue weighted by Gasteiger charge is -2.48. The van der Waals surface area contributed by atoms with Crippen LogP contribution >= 0.6 is 0 Å². The maximum atomic E-state index is 13.3. The van der Waals surface area contributed by atoms with Crippen LogP contribution in [-0.2, 0) is 33.2 Å². The van der Waals surface area contributed by atoms with Crippen molar-refractivity contribution in [1.82, 2.24) is 4.90 Å². The van der Waals surface area contributed by atoms with Gasteiger partial charge in [0.15, 0.2) is 18.9 Å². The molecule has 3 aliphatic rings. The van der Waals surface area contributed by atoms with Gasteiger partial charge in [-0.15, -0.1) is 0 Å². The normalized spacial score (nSPS) is 38.3. The van der Waals surface area contributed by atoms with Gasteiger partial charge in [-0.2, -0.15) is 0 Å². The highest BCUT2D eigenvalue weighted by Gasteiger charge is 2.53. The first-order valence-corrected chi connectivity index (χ1v) is 19.4. The van der Waals surface area contributed by atoms with Crippen molar-refractivity contribution < 1.29 is 74.1 Å². The molecular formula is C36H67NO15. The van der Waals surface area contributed by atoms with Crippen molar-refractivity contribution in [1.29, 1.82) is 0 Å². The summed E-state index contributed by atoms with van der Waals surface area (Å²) in [6.45, 7) is 7.24. The highest BCUT2D eigenvalue weighted by atomic mass is 16.8. The zero-order chi connectivity index (χ0) is 38.4. The molecule has 3 saturated heterocycles. The summed E-state index contributed by atoms with van der Waals surface area (Å²) >= 11 is 0. The molecule has 0 aromatic carbocycles. The summed E-state index contributed by atoms with van der Waals surface area (Å²) < 4.78 is 35.1. The van der Waals surface area contributed by atoms with Gasteiger partial charge in [-0.05, 0) is 26.7 Å². The summed E-state index contributed by atoms with van der Waals surface area (Å²) in [6, 6.07) is 0. The minimum Gasteiger partial charge on any atom is -0.394 e. The number of amides is 1. The van der Waals surface area contributed by atoms with E-state index in [1.54, 1.807) is 4.90 Å². The predicted octanol–water partition coefficient (Wildman–Crippen LogP) is 0.0561. The van der Waals surface area contributed by atoms with Gasteiger partial charge in [-0.25, -0.2) is 0 Å². The van der Waals surface area contributed by atoms with Crippen molar-refractivity contribution in [3.8, 4) is 0 Å². The Bertz CT molecular complexity index is 997. The molecule has 0 aromatic heterocycles. The van der Waals surface area contributed by atoms with Gasteiger partial charge in [0, 0.05) is 19.5 Å². The molecular weight excluding hydrogens is 686 g/mol. The van der Waals surface area contributed by atoms with Crippen molar-refractivity contribution in [2.24, 2.45) is 0 Å². The van der Waals surface area contributed by atoms with E-state index >= 15 is 0 Å². The molecule has 0 saturated carbocycles. The van der Waals surface area contributed by atoms with Crippen LogP contribution in [0.1, 0.15) is 105 Å². The topological polar surface area (TPSA) is 238 Å². The molecule has 0 aliphatic carbocycles. The van der Waals surface area contributed by atoms with Crippen molar-refractivity contribution in [3.05, 3.63) is 0 Å². The molecule has 3 heterocycles. The van der Waals surface area contributed by atoms with Crippen LogP contribution in [0.4, 0.5) is 0 Å². The fraction of sp³-hybridized carbons (Fsp3) is 0.972. The standard InChI is InChI=1S/C36H67NO15/c1-5-7-9-11-13-15-17-37(24(39)16-14-12-10-8-6-2)18-19-47-36-33(52-35-30(45)28(43)26(41)22(4)49-35)31(46)32(23(20-38)50-36)51-34-29(44)27(42)25(40)21(3)48-34/h21-23,25-36,38,40-46H,5-20H2,1-4H3/t21-,22-,23+,25-,26-,27+,28+,29+,30+,31-,32+,33+,34-,35-,36+/m0/s1. The van der Waals surface area contributed by atoms with Crippen molar-refractivity contribution in [2.45, 2.75) is 197 Å². The molecule has 0 radical (unpaired) electrons. The molecule has 52 heavy (non-hydrogen) atoms. The zero-order valence-electron chi connectivity index (χ0n) is 31.4. The summed E-state index contributed by atoms with van der Waals surface area (Å²) in [7, 11) is 0. The molecule has 3 aliphatic heterocycles. The SMILES string of the molecule is CCCCCCCCN(CCO[C@@H]1O[C@H](CO)[C@@H](O[C@@H]2O[C@@H](C)[C@H](O)[C@@H](O)[C@H]2O)[C@H](O)[C@H]1O[C@@H]1O[C@@H](C)[C@H](O)[C@@H](O)[C@H]1O)C(=O)CCCCCCC. The Balaban J connectivity index is 1.76. The van der Waals surface area contributed by atoms with Crippen molar-refractivity contribution in [2.75, 3.05) is 26.3 Å². The van der Waals surface area contributed by atoms with Crippen LogP contribution in [0.15, 0.2) is 0 Å². The molecule has 3 fully saturated rings. The molecule has 16 heteroatoms. The van der Waals surface area contributed by atoms with E-state index in [0.717, 1.165) is 64.2 Å². The molecule has 3 rings (SSSR count). The minimum absolute atomic E-state index is 0.0144. The monoisotopic (exact) mass is 753 g/mol. The lowest BCUT2D eigenvalue weighted by Crippen LogP contribution is -2.66. The van der Waals surface area contributed by atoms with Gasteiger partial charge in [0.05, 0.1) is 25.4 Å². The molecule has 0 unspecified atom stereocenters. The van der Waals surface area contributed by atoms with E-state index in [1.165, 1.54) is 20.3 Å². The van der Waals surface area contributed by atoms with Crippen LogP contribution < -0.4 is 0 Å². The fourth-order valence-corrected chi connectivity index (χ4v) is 6.81. The molecule has 1 amide bonds. The maximum absolute atomic E-state index is 13.3. The number of rotatable bonds is 22. The van der Waals surface area contributed by atoms with Crippen LogP contribution in [0.5, 0.6) is 0 Å². The lowest BCUT2D eigenvalue weighted by atomic mass is 9.96. The fourth-order valence-electron chi connectivity index (χ4n) is 6.81. The summed E-state index contributed by atoms with van der Waals surface area (Å²) in [5.74, 6) is 0.0144. The third kappa shape index (κ3) is 12.7. The van der Waals surface area contributed by atoms with Crippen molar-refractivity contribution >= 4 is 5.91 Å². The van der Waals surface area contributed by atoms with Crippen LogP contribution in [0.3, 0.4) is 0 Å². The molecule has 0 aromatic rings. The maximum Gasteiger partial charge on any atom is 0.222 e. The predicted molar refractivity (Wildman–Crippen MR) is 185 cm³/mol. The Morgan fingerprint density at radius 3 is 1.62 bits per heavy atom. The van der Waals surface area contributed by atoms with E-state index < -0.39 is 98.7 Å². The first-order valence-electron chi connectivity index (χ1n) is 19.4. The summed E-state index contributed by atoms with van der Waals surface area (Å²) in [5, 5.41) is 84.3. The smallest absolute Gasteiger partial charge is 0.222 e. The number of nitrogens with zero attached hydrogens (tertiary/aromatic N) is 1. The van der Waals surface area contributed by atoms with E-state index in [4.69, 9.17) is 28.4 Å². The average Bonchev–Trinajstić information content (AvgIpc) is 3.13. The van der Waals surface area contributed by atoms with Gasteiger partial charge in [-0.3, -0.25) is 4.79 Å². The van der Waals surface area contributed by atoms with Crippen LogP contribution in [0.25, 0.3) is 0 Å². The first kappa shape index (κ1) is 45.3. The Kier molecular flexibility index (Phi) is 20.1. The second-order valence-corrected chi connectivity index (χ2v) is 14.5. The number of carbonyl (C=O) groups excluding carboxylic acids is 1. The number of ether oxygens (including phenoxy) is 6. The lowest BCUT2D eigenvalue weighted by molar-refractivity contribution is -0.384. The van der Waals surface area contributed by atoms with Gasteiger partial charge in [0.25, 0.3) is 0 Å². The number of hydrogen-bond donors (Lipinski definition) is 8. The van der Waals surface area contributed by atoms with Crippen LogP contribution in [-0.4, -0.2) is 170 Å². The second-order valence-electron chi connectivity index (χ2n) is 14.5. The minimum atomic E-state index is -1.74. The Hall–Kier alpha value is -1.09. The third-order valence-electron chi connectivity index (χ3n) is 10.3. The van der Waals surface area contributed by atoms with Crippen LogP contribution in [0, 0.1) is 0 Å². The number of aliphatic hydroxyl groups excluding tert-OH is 8. The molecule has 306 valence electrons. The molecule has 8 N–H and O–H groups in total. The van der Waals surface area contributed by atoms with Gasteiger partial charge < -0.3 is 74.2 Å². The van der Waals surface area contributed by atoms with E-state index in [9.17, 15) is 45.6 Å². The van der Waals surface area contributed by atoms with E-state index in [1.807, 2.05) is 0 Å². The Morgan fingerprint density at radius 2 is 1.08 bits per heavy atom. The number of aliphatic hydroxyl groups is 8. The highest BCUT2D eigenvalue weighted by Crippen LogP contribution is 2.33. The summed E-state index contributed by atoms with van der Waals surface area (Å²) in [5.41, 5.74) is 0. The van der Waals surface area contributed by atoms with Gasteiger partial charge >= 0.3 is 0 Å². The second kappa shape index (κ2) is 23.1. The third-order valence-corrected chi connectivity index (χ3v) is 10.3. The Labute approximate surface area is 307 Å². The van der Waals surface area contributed by atoms with Gasteiger partial charge in [0.1, 0.15) is 61.0 Å². The Morgan fingerprint density at radius 1 is 0.577 bits per heavy atom. The van der Waals surface area contributed by atoms with Gasteiger partial charge in [0.2, 0.25) is 5.91 Å². The molecule has 15 atom stereocenters. The number of hydrogen-bond acceptors (Lipinski definition) is 15. The largest absolute Gasteiger partial charge is 0.394 e. The van der Waals surface area contributed by atoms with Crippen LogP contribution in [0.2, 0.25) is 0 Å². The highest BCUT2D eigenvalue weighted by molar-refractivity contribution is 5.76. The molecule has 0 spiro atoms. The summed E-state index contributed by atoms with van der Waals surface area (Å²) in [6.07, 6.45) is -10.1. The number of carbonyl (C=O) groups is 1. The van der Waals surface area contributed by atoms with E-state index in [0.29, 0.717) is 13.0 Å². The van der Waals surface area contributed by atoms with Crippen molar-refractivity contribution in [3.63, 3.8) is 0 Å². The molecule has 0 bridgehead atoms. The number of unbranched alkanes of at least 4 members (excludes halogenated alkanes) is 9. The van der Waals surface area contributed by atoms with E-state index in [-0.39, 0.29) is 19.1 Å². The first-order chi connectivity index (χ1) is 24.9. The summed E-state index contributed by atoms with van der Waals surface area (Å²) in [4.78, 5) is 15.1. The van der Waals surface area contributed by atoms with E-state index in [2.05, 4.69) is 13.8 Å². The molecule has 16 nitrogen and oxygen atoms in total. The quantitative estimate of drug-likeness (QED) is 0.0683. The zero-order valence-corrected chi connectivity index (χ0v) is 31.4.